The fourth-order valence-corrected chi connectivity index (χ4v) is 3.76. The maximum Gasteiger partial charge on any atom is 0.254 e. The monoisotopic (exact) mass is 341 g/mol. The van der Waals surface area contributed by atoms with Crippen LogP contribution in [0.2, 0.25) is 0 Å². The van der Waals surface area contributed by atoms with Gasteiger partial charge in [0.2, 0.25) is 0 Å². The van der Waals surface area contributed by atoms with E-state index in [2.05, 4.69) is 55.5 Å². The molecule has 2 nitrogen and oxygen atoms in total. The van der Waals surface area contributed by atoms with Crippen LogP contribution in [0.15, 0.2) is 72.8 Å². The molecule has 1 atom stereocenters. The first kappa shape index (κ1) is 16.6. The minimum absolute atomic E-state index is 0.0330. The van der Waals surface area contributed by atoms with Crippen molar-refractivity contribution < 1.29 is 4.79 Å². The van der Waals surface area contributed by atoms with Crippen LogP contribution < -0.4 is 0 Å². The molecule has 0 bridgehead atoms. The number of amides is 1. The van der Waals surface area contributed by atoms with E-state index in [0.717, 1.165) is 18.5 Å². The van der Waals surface area contributed by atoms with Gasteiger partial charge in [-0.05, 0) is 49.1 Å². The van der Waals surface area contributed by atoms with Crippen molar-refractivity contribution in [2.24, 2.45) is 0 Å². The van der Waals surface area contributed by atoms with Gasteiger partial charge in [-0.25, -0.2) is 0 Å². The van der Waals surface area contributed by atoms with Gasteiger partial charge in [-0.15, -0.1) is 0 Å². The molecule has 0 unspecified atom stereocenters. The van der Waals surface area contributed by atoms with Crippen molar-refractivity contribution in [2.45, 2.75) is 26.3 Å². The van der Waals surface area contributed by atoms with E-state index >= 15 is 0 Å². The lowest BCUT2D eigenvalue weighted by Gasteiger charge is -2.38. The topological polar surface area (TPSA) is 20.3 Å². The molecule has 130 valence electrons. The zero-order valence-electron chi connectivity index (χ0n) is 15.3. The van der Waals surface area contributed by atoms with Crippen molar-refractivity contribution in [2.75, 3.05) is 6.54 Å². The lowest BCUT2D eigenvalue weighted by Crippen LogP contribution is -2.40. The van der Waals surface area contributed by atoms with E-state index in [1.807, 2.05) is 36.1 Å². The summed E-state index contributed by atoms with van der Waals surface area (Å²) < 4.78 is 0. The van der Waals surface area contributed by atoms with Crippen LogP contribution in [0.25, 0.3) is 0 Å². The van der Waals surface area contributed by atoms with E-state index in [0.29, 0.717) is 0 Å². The van der Waals surface area contributed by atoms with E-state index in [-0.39, 0.29) is 11.9 Å². The van der Waals surface area contributed by atoms with Gasteiger partial charge in [-0.3, -0.25) is 4.79 Å². The maximum absolute atomic E-state index is 13.3. The van der Waals surface area contributed by atoms with E-state index in [9.17, 15) is 4.79 Å². The van der Waals surface area contributed by atoms with Crippen LogP contribution in [0.5, 0.6) is 0 Å². The number of carbonyl (C=O) groups excluding carboxylic acids is 1. The second-order valence-corrected chi connectivity index (χ2v) is 7.13. The van der Waals surface area contributed by atoms with Crippen LogP contribution >= 0.6 is 0 Å². The van der Waals surface area contributed by atoms with E-state index in [1.54, 1.807) is 0 Å². The van der Waals surface area contributed by atoms with Gasteiger partial charge in [0.25, 0.3) is 5.91 Å². The minimum atomic E-state index is -0.0330. The van der Waals surface area contributed by atoms with Gasteiger partial charge in [0.15, 0.2) is 0 Å². The highest BCUT2D eigenvalue weighted by Crippen LogP contribution is 2.36. The molecule has 26 heavy (non-hydrogen) atoms. The quantitative estimate of drug-likeness (QED) is 0.636. The Hall–Kier alpha value is -2.87. The van der Waals surface area contributed by atoms with Crippen molar-refractivity contribution in [3.05, 3.63) is 106 Å². The Morgan fingerprint density at radius 1 is 0.846 bits per heavy atom. The number of rotatable bonds is 2. The third kappa shape index (κ3) is 3.03. The van der Waals surface area contributed by atoms with Crippen molar-refractivity contribution in [3.63, 3.8) is 0 Å². The van der Waals surface area contributed by atoms with Gasteiger partial charge in [-0.2, -0.15) is 0 Å². The molecule has 1 heterocycles. The fraction of sp³-hybridized carbons (Fsp3) is 0.208. The van der Waals surface area contributed by atoms with Crippen molar-refractivity contribution >= 4 is 5.91 Å². The number of fused-ring (bicyclic) bond motifs is 1. The number of aryl methyl sites for hydroxylation is 2. The first-order valence-electron chi connectivity index (χ1n) is 9.15. The van der Waals surface area contributed by atoms with E-state index in [1.165, 1.54) is 27.8 Å². The molecule has 0 radical (unpaired) electrons. The Morgan fingerprint density at radius 3 is 2.15 bits per heavy atom. The average molecular weight is 341 g/mol. The molecule has 1 amide bonds. The summed E-state index contributed by atoms with van der Waals surface area (Å²) in [4.78, 5) is 15.3. The molecule has 4 rings (SSSR count). The summed E-state index contributed by atoms with van der Waals surface area (Å²) in [6.45, 7) is 4.87. The molecule has 0 fully saturated rings. The fourth-order valence-electron chi connectivity index (χ4n) is 3.76. The van der Waals surface area contributed by atoms with E-state index < -0.39 is 0 Å². The second-order valence-electron chi connectivity index (χ2n) is 7.13. The molecule has 3 aromatic rings. The number of hydrogen-bond acceptors (Lipinski definition) is 1. The Bertz CT molecular complexity index is 925. The summed E-state index contributed by atoms with van der Waals surface area (Å²) in [6.07, 6.45) is 0.899. The second kappa shape index (κ2) is 6.80. The zero-order chi connectivity index (χ0) is 18.1. The molecule has 0 aliphatic carbocycles. The molecular weight excluding hydrogens is 318 g/mol. The van der Waals surface area contributed by atoms with Gasteiger partial charge in [0, 0.05) is 12.1 Å². The summed E-state index contributed by atoms with van der Waals surface area (Å²) in [6, 6.07) is 24.9. The largest absolute Gasteiger partial charge is 0.327 e. The summed E-state index contributed by atoms with van der Waals surface area (Å²) >= 11 is 0. The molecule has 0 saturated heterocycles. The Morgan fingerprint density at radius 2 is 1.46 bits per heavy atom. The van der Waals surface area contributed by atoms with Gasteiger partial charge < -0.3 is 4.90 Å². The molecule has 0 saturated carbocycles. The summed E-state index contributed by atoms with van der Waals surface area (Å²) in [5, 5.41) is 0. The smallest absolute Gasteiger partial charge is 0.254 e. The van der Waals surface area contributed by atoms with Crippen LogP contribution in [0.3, 0.4) is 0 Å². The molecular formula is C24H23NO. The van der Waals surface area contributed by atoms with Gasteiger partial charge in [-0.1, -0.05) is 71.8 Å². The van der Waals surface area contributed by atoms with Gasteiger partial charge in [0.1, 0.15) is 0 Å². The molecule has 1 aliphatic rings. The molecule has 2 heteroatoms. The maximum atomic E-state index is 13.3. The van der Waals surface area contributed by atoms with Crippen molar-refractivity contribution in [1.82, 2.24) is 4.90 Å². The summed E-state index contributed by atoms with van der Waals surface area (Å²) in [7, 11) is 0. The third-order valence-corrected chi connectivity index (χ3v) is 5.24. The van der Waals surface area contributed by atoms with Crippen molar-refractivity contribution in [3.8, 4) is 0 Å². The third-order valence-electron chi connectivity index (χ3n) is 5.24. The molecule has 0 N–H and O–H groups in total. The Balaban J connectivity index is 1.78. The highest BCUT2D eigenvalue weighted by molar-refractivity contribution is 5.95. The van der Waals surface area contributed by atoms with Crippen LogP contribution in [0.4, 0.5) is 0 Å². The van der Waals surface area contributed by atoms with Gasteiger partial charge in [0.05, 0.1) is 6.04 Å². The lowest BCUT2D eigenvalue weighted by atomic mass is 9.87. The highest BCUT2D eigenvalue weighted by atomic mass is 16.2. The predicted octanol–water partition coefficient (Wildman–Crippen LogP) is 5.09. The molecule has 3 aromatic carbocycles. The predicted molar refractivity (Wildman–Crippen MR) is 105 cm³/mol. The summed E-state index contributed by atoms with van der Waals surface area (Å²) in [5.41, 5.74) is 6.90. The molecule has 0 spiro atoms. The Labute approximate surface area is 155 Å². The zero-order valence-corrected chi connectivity index (χ0v) is 15.3. The Kier molecular flexibility index (Phi) is 4.34. The normalized spacial score (nSPS) is 16.2. The number of carbonyl (C=O) groups is 1. The van der Waals surface area contributed by atoms with Gasteiger partial charge >= 0.3 is 0 Å². The first-order valence-corrected chi connectivity index (χ1v) is 9.15. The lowest BCUT2D eigenvalue weighted by molar-refractivity contribution is 0.0694. The van der Waals surface area contributed by atoms with Crippen LogP contribution in [0.1, 0.15) is 44.2 Å². The highest BCUT2D eigenvalue weighted by Gasteiger charge is 2.32. The van der Waals surface area contributed by atoms with Crippen LogP contribution in [-0.2, 0) is 6.42 Å². The number of hydrogen-bond donors (Lipinski definition) is 0. The first-order chi connectivity index (χ1) is 12.6. The average Bonchev–Trinajstić information content (AvgIpc) is 2.68. The number of nitrogens with zero attached hydrogens (tertiary/aromatic N) is 1. The standard InChI is InChI=1S/C24H23NO/c1-17-7-11-20(12-8-17)23-22-6-4-3-5-19(22)15-16-25(23)24(26)21-13-9-18(2)10-14-21/h3-14,23H,15-16H2,1-2H3/t23-/m1/s1. The minimum Gasteiger partial charge on any atom is -0.327 e. The number of benzene rings is 3. The SMILES string of the molecule is Cc1ccc(C(=O)N2CCc3ccccc3[C@H]2c2ccc(C)cc2)cc1. The van der Waals surface area contributed by atoms with Crippen LogP contribution in [0, 0.1) is 13.8 Å². The molecule has 0 aromatic heterocycles. The summed E-state index contributed by atoms with van der Waals surface area (Å²) in [5.74, 6) is 0.102. The molecule has 1 aliphatic heterocycles. The van der Waals surface area contributed by atoms with Crippen molar-refractivity contribution in [1.29, 1.82) is 0 Å². The van der Waals surface area contributed by atoms with Crippen LogP contribution in [-0.4, -0.2) is 17.4 Å². The van der Waals surface area contributed by atoms with E-state index in [4.69, 9.17) is 0 Å².